The monoisotopic (exact) mass is 451 g/mol. The van der Waals surface area contributed by atoms with Gasteiger partial charge in [-0.3, -0.25) is 14.5 Å². The Balaban J connectivity index is 2.01. The molecule has 32 heavy (non-hydrogen) atoms. The second-order valence-corrected chi connectivity index (χ2v) is 7.81. The van der Waals surface area contributed by atoms with E-state index in [1.807, 2.05) is 6.92 Å². The standard InChI is InChI=1S/C25H19ClFNO4/c1-14-7-12-20(32-2)18(13-14)23(29)21-22(17-5-3-4-6-19(17)27)28(25(31)24(21)30)16-10-8-15(26)9-11-16/h3-13,22,29H,1-2H3/b23-21+. The summed E-state index contributed by atoms with van der Waals surface area (Å²) in [5, 5.41) is 11.7. The maximum atomic E-state index is 14.9. The lowest BCUT2D eigenvalue weighted by Crippen LogP contribution is -2.29. The summed E-state index contributed by atoms with van der Waals surface area (Å²) in [5.74, 6) is -2.53. The van der Waals surface area contributed by atoms with Crippen molar-refractivity contribution >= 4 is 34.7 Å². The maximum absolute atomic E-state index is 14.9. The van der Waals surface area contributed by atoms with Gasteiger partial charge < -0.3 is 9.84 Å². The van der Waals surface area contributed by atoms with Crippen molar-refractivity contribution < 1.29 is 23.8 Å². The zero-order valence-electron chi connectivity index (χ0n) is 17.3. The van der Waals surface area contributed by atoms with E-state index in [0.29, 0.717) is 16.5 Å². The minimum Gasteiger partial charge on any atom is -0.507 e. The number of aliphatic hydroxyl groups is 1. The molecule has 162 valence electrons. The molecule has 0 saturated carbocycles. The minimum absolute atomic E-state index is 0.0785. The highest BCUT2D eigenvalue weighted by Crippen LogP contribution is 2.44. The van der Waals surface area contributed by atoms with Gasteiger partial charge in [-0.25, -0.2) is 4.39 Å². The molecule has 1 aliphatic heterocycles. The Labute approximate surface area is 189 Å². The van der Waals surface area contributed by atoms with Crippen molar-refractivity contribution in [2.75, 3.05) is 12.0 Å². The molecule has 3 aromatic carbocycles. The number of methoxy groups -OCH3 is 1. The van der Waals surface area contributed by atoms with E-state index >= 15 is 0 Å². The molecule has 1 unspecified atom stereocenters. The molecule has 1 saturated heterocycles. The first kappa shape index (κ1) is 21.6. The van der Waals surface area contributed by atoms with Gasteiger partial charge >= 0.3 is 0 Å². The van der Waals surface area contributed by atoms with Gasteiger partial charge in [0.2, 0.25) is 0 Å². The van der Waals surface area contributed by atoms with Crippen LogP contribution in [0.25, 0.3) is 5.76 Å². The van der Waals surface area contributed by atoms with Crippen LogP contribution in [0.3, 0.4) is 0 Å². The number of rotatable bonds is 4. The molecular formula is C25H19ClFNO4. The number of carbonyl (C=O) groups is 2. The molecule has 4 rings (SSSR count). The fraction of sp³-hybridized carbons (Fsp3) is 0.120. The van der Waals surface area contributed by atoms with Crippen molar-refractivity contribution in [1.29, 1.82) is 0 Å². The number of carbonyl (C=O) groups excluding carboxylic acids is 2. The van der Waals surface area contributed by atoms with E-state index in [0.717, 1.165) is 5.56 Å². The van der Waals surface area contributed by atoms with E-state index in [9.17, 15) is 19.1 Å². The van der Waals surface area contributed by atoms with Gasteiger partial charge in [0.15, 0.2) is 0 Å². The summed E-state index contributed by atoms with van der Waals surface area (Å²) in [5.41, 5.74) is 1.25. The molecule has 1 aliphatic rings. The summed E-state index contributed by atoms with van der Waals surface area (Å²) in [6, 6.07) is 16.0. The number of hydrogen-bond donors (Lipinski definition) is 1. The first-order chi connectivity index (χ1) is 15.3. The summed E-state index contributed by atoms with van der Waals surface area (Å²) in [4.78, 5) is 27.4. The van der Waals surface area contributed by atoms with Gasteiger partial charge in [0.25, 0.3) is 11.7 Å². The maximum Gasteiger partial charge on any atom is 0.300 e. The average molecular weight is 452 g/mol. The van der Waals surface area contributed by atoms with Gasteiger partial charge in [-0.05, 0) is 49.4 Å². The highest BCUT2D eigenvalue weighted by Gasteiger charge is 2.48. The number of Topliss-reactive ketones (excluding diaryl/α,β-unsaturated/α-hetero) is 1. The smallest absolute Gasteiger partial charge is 0.300 e. The number of nitrogens with zero attached hydrogens (tertiary/aromatic N) is 1. The Morgan fingerprint density at radius 3 is 2.41 bits per heavy atom. The number of benzene rings is 3. The molecule has 1 heterocycles. The number of halogens is 2. The fourth-order valence-corrected chi connectivity index (χ4v) is 3.97. The fourth-order valence-electron chi connectivity index (χ4n) is 3.84. The van der Waals surface area contributed by atoms with Crippen molar-refractivity contribution in [2.24, 2.45) is 0 Å². The topological polar surface area (TPSA) is 66.8 Å². The van der Waals surface area contributed by atoms with Crippen molar-refractivity contribution in [2.45, 2.75) is 13.0 Å². The van der Waals surface area contributed by atoms with Crippen molar-refractivity contribution in [3.63, 3.8) is 0 Å². The Morgan fingerprint density at radius 2 is 1.75 bits per heavy atom. The van der Waals surface area contributed by atoms with Gasteiger partial charge in [0.1, 0.15) is 17.3 Å². The third-order valence-corrected chi connectivity index (χ3v) is 5.61. The largest absolute Gasteiger partial charge is 0.507 e. The number of amides is 1. The molecule has 5 nitrogen and oxygen atoms in total. The number of anilines is 1. The van der Waals surface area contributed by atoms with Crippen LogP contribution in [0, 0.1) is 12.7 Å². The molecule has 0 aromatic heterocycles. The summed E-state index contributed by atoms with van der Waals surface area (Å²) in [6.45, 7) is 1.82. The molecule has 0 radical (unpaired) electrons. The Hall–Kier alpha value is -3.64. The lowest BCUT2D eigenvalue weighted by atomic mass is 9.94. The van der Waals surface area contributed by atoms with Crippen molar-refractivity contribution in [3.05, 3.63) is 99.8 Å². The summed E-state index contributed by atoms with van der Waals surface area (Å²) < 4.78 is 20.2. The SMILES string of the molecule is COc1ccc(C)cc1/C(O)=C1\C(=O)C(=O)N(c2ccc(Cl)cc2)C1c1ccccc1F. The number of hydrogen-bond acceptors (Lipinski definition) is 4. The lowest BCUT2D eigenvalue weighted by Gasteiger charge is -2.26. The summed E-state index contributed by atoms with van der Waals surface area (Å²) in [6.07, 6.45) is 0. The molecule has 3 aromatic rings. The molecular weight excluding hydrogens is 433 g/mol. The predicted molar refractivity (Wildman–Crippen MR) is 120 cm³/mol. The number of ether oxygens (including phenoxy) is 1. The van der Waals surface area contributed by atoms with Crippen LogP contribution in [-0.4, -0.2) is 23.9 Å². The Morgan fingerprint density at radius 1 is 1.06 bits per heavy atom. The summed E-state index contributed by atoms with van der Waals surface area (Å²) in [7, 11) is 1.43. The van der Waals surface area contributed by atoms with Crippen LogP contribution in [0.4, 0.5) is 10.1 Å². The number of aliphatic hydroxyl groups excluding tert-OH is 1. The molecule has 1 N–H and O–H groups in total. The molecule has 7 heteroatoms. The molecule has 0 spiro atoms. The van der Waals surface area contributed by atoms with Crippen LogP contribution in [0.15, 0.2) is 72.3 Å². The van der Waals surface area contributed by atoms with Gasteiger partial charge in [0, 0.05) is 16.3 Å². The van der Waals surface area contributed by atoms with Gasteiger partial charge in [-0.2, -0.15) is 0 Å². The molecule has 0 aliphatic carbocycles. The van der Waals surface area contributed by atoms with E-state index < -0.39 is 29.3 Å². The number of aryl methyl sites for hydroxylation is 1. The molecule has 1 fully saturated rings. The van der Waals surface area contributed by atoms with Crippen LogP contribution < -0.4 is 9.64 Å². The first-order valence-electron chi connectivity index (χ1n) is 9.79. The Kier molecular flexibility index (Phi) is 5.72. The average Bonchev–Trinajstić information content (AvgIpc) is 3.04. The highest BCUT2D eigenvalue weighted by atomic mass is 35.5. The lowest BCUT2D eigenvalue weighted by molar-refractivity contribution is -0.132. The third-order valence-electron chi connectivity index (χ3n) is 5.36. The van der Waals surface area contributed by atoms with Crippen LogP contribution in [-0.2, 0) is 9.59 Å². The normalized spacial score (nSPS) is 17.6. The third kappa shape index (κ3) is 3.63. The predicted octanol–water partition coefficient (Wildman–Crippen LogP) is 5.42. The first-order valence-corrected chi connectivity index (χ1v) is 10.2. The second-order valence-electron chi connectivity index (χ2n) is 7.37. The quantitative estimate of drug-likeness (QED) is 0.326. The minimum atomic E-state index is -1.18. The van der Waals surface area contributed by atoms with E-state index in [4.69, 9.17) is 16.3 Å². The van der Waals surface area contributed by atoms with E-state index in [1.165, 1.54) is 30.2 Å². The number of ketones is 1. The van der Waals surface area contributed by atoms with Crippen molar-refractivity contribution in [1.82, 2.24) is 0 Å². The van der Waals surface area contributed by atoms with Gasteiger partial charge in [0.05, 0.1) is 24.3 Å². The van der Waals surface area contributed by atoms with E-state index in [2.05, 4.69) is 0 Å². The van der Waals surface area contributed by atoms with Crippen LogP contribution in [0.5, 0.6) is 5.75 Å². The van der Waals surface area contributed by atoms with Crippen LogP contribution >= 0.6 is 11.6 Å². The molecule has 1 amide bonds. The van der Waals surface area contributed by atoms with Crippen LogP contribution in [0.2, 0.25) is 5.02 Å². The Bertz CT molecular complexity index is 1250. The summed E-state index contributed by atoms with van der Waals surface area (Å²) >= 11 is 5.98. The van der Waals surface area contributed by atoms with Crippen LogP contribution in [0.1, 0.15) is 22.7 Å². The van der Waals surface area contributed by atoms with Crippen molar-refractivity contribution in [3.8, 4) is 5.75 Å². The molecule has 0 bridgehead atoms. The van der Waals surface area contributed by atoms with E-state index in [-0.39, 0.29) is 16.7 Å². The molecule has 1 atom stereocenters. The van der Waals surface area contributed by atoms with E-state index in [1.54, 1.807) is 48.5 Å². The zero-order chi connectivity index (χ0) is 23.0. The van der Waals surface area contributed by atoms with Gasteiger partial charge in [-0.1, -0.05) is 41.4 Å². The second kappa shape index (κ2) is 8.48. The van der Waals surface area contributed by atoms with Gasteiger partial charge in [-0.15, -0.1) is 0 Å². The highest BCUT2D eigenvalue weighted by molar-refractivity contribution is 6.51. The zero-order valence-corrected chi connectivity index (χ0v) is 18.1.